The zero-order chi connectivity index (χ0) is 17.4. The number of rotatable bonds is 3. The molecule has 2 heterocycles. The van der Waals surface area contributed by atoms with Crippen molar-refractivity contribution in [2.24, 2.45) is 0 Å². The van der Waals surface area contributed by atoms with Crippen molar-refractivity contribution in [1.29, 1.82) is 0 Å². The van der Waals surface area contributed by atoms with Gasteiger partial charge in [-0.25, -0.2) is 9.97 Å². The maximum atomic E-state index is 6.25. The molecule has 0 atom stereocenters. The Morgan fingerprint density at radius 1 is 1.04 bits per heavy atom. The van der Waals surface area contributed by atoms with Gasteiger partial charge in [-0.2, -0.15) is 4.68 Å². The summed E-state index contributed by atoms with van der Waals surface area (Å²) in [6.45, 7) is 0. The minimum atomic E-state index is 0.314. The van der Waals surface area contributed by atoms with E-state index in [0.29, 0.717) is 33.1 Å². The molecule has 124 valence electrons. The van der Waals surface area contributed by atoms with Crippen LogP contribution in [0.5, 0.6) is 0 Å². The fourth-order valence-corrected chi connectivity index (χ4v) is 2.74. The topological polar surface area (TPSA) is 94.5 Å². The molecule has 0 unspecified atom stereocenters. The van der Waals surface area contributed by atoms with Gasteiger partial charge in [-0.15, -0.1) is 5.10 Å². The molecule has 0 bridgehead atoms. The van der Waals surface area contributed by atoms with Crippen LogP contribution in [-0.2, 0) is 0 Å². The minimum Gasteiger partial charge on any atom is -0.393 e. The van der Waals surface area contributed by atoms with Crippen LogP contribution >= 0.6 is 23.2 Å². The van der Waals surface area contributed by atoms with Crippen molar-refractivity contribution < 1.29 is 0 Å². The van der Waals surface area contributed by atoms with Crippen LogP contribution in [0.4, 0.5) is 17.2 Å². The second-order valence-electron chi connectivity index (χ2n) is 5.20. The first-order chi connectivity index (χ1) is 12.1. The Balaban J connectivity index is 1.79. The maximum absolute atomic E-state index is 6.25. The Kier molecular flexibility index (Phi) is 3.87. The molecule has 2 aromatic carbocycles. The highest BCUT2D eigenvalue weighted by Crippen LogP contribution is 2.31. The number of benzene rings is 2. The Hall–Kier alpha value is -2.90. The summed E-state index contributed by atoms with van der Waals surface area (Å²) in [5, 5.41) is 12.4. The largest absolute Gasteiger partial charge is 0.393 e. The lowest BCUT2D eigenvalue weighted by Gasteiger charge is -2.12. The highest BCUT2D eigenvalue weighted by molar-refractivity contribution is 6.35. The molecule has 9 heteroatoms. The number of nitrogens with one attached hydrogen (secondary N) is 1. The molecule has 4 aromatic rings. The molecule has 2 aromatic heterocycles. The Labute approximate surface area is 152 Å². The highest BCUT2D eigenvalue weighted by Gasteiger charge is 2.15. The number of aromatic nitrogens is 5. The SMILES string of the molecule is Nc1c(Nc2cc(Cl)ccc2Cl)ncnc1-n1nnc2ccccc21. The molecule has 7 nitrogen and oxygen atoms in total. The fourth-order valence-electron chi connectivity index (χ4n) is 2.40. The van der Waals surface area contributed by atoms with Crippen molar-refractivity contribution in [3.63, 3.8) is 0 Å². The molecule has 0 amide bonds. The second-order valence-corrected chi connectivity index (χ2v) is 6.04. The summed E-state index contributed by atoms with van der Waals surface area (Å²) in [5.74, 6) is 0.818. The van der Waals surface area contributed by atoms with Crippen molar-refractivity contribution in [2.45, 2.75) is 0 Å². The van der Waals surface area contributed by atoms with Gasteiger partial charge in [0.2, 0.25) is 0 Å². The minimum absolute atomic E-state index is 0.314. The molecule has 0 fully saturated rings. The van der Waals surface area contributed by atoms with Crippen LogP contribution < -0.4 is 11.1 Å². The average Bonchev–Trinajstić information content (AvgIpc) is 3.04. The van der Waals surface area contributed by atoms with Crippen molar-refractivity contribution in [3.05, 3.63) is 58.8 Å². The lowest BCUT2D eigenvalue weighted by Crippen LogP contribution is -2.08. The van der Waals surface area contributed by atoms with Gasteiger partial charge in [0, 0.05) is 5.02 Å². The number of nitrogens with zero attached hydrogens (tertiary/aromatic N) is 5. The molecular weight excluding hydrogens is 361 g/mol. The predicted octanol–water partition coefficient (Wildman–Crippen LogP) is 3.84. The summed E-state index contributed by atoms with van der Waals surface area (Å²) in [6, 6.07) is 12.6. The number of nitrogen functional groups attached to an aromatic ring is 1. The molecule has 3 N–H and O–H groups in total. The van der Waals surface area contributed by atoms with Crippen molar-refractivity contribution in [2.75, 3.05) is 11.1 Å². The van der Waals surface area contributed by atoms with Crippen LogP contribution in [0.3, 0.4) is 0 Å². The van der Waals surface area contributed by atoms with Crippen LogP contribution in [0.25, 0.3) is 16.9 Å². The van der Waals surface area contributed by atoms with E-state index in [1.54, 1.807) is 22.9 Å². The number of para-hydroxylation sites is 1. The van der Waals surface area contributed by atoms with Gasteiger partial charge in [-0.05, 0) is 30.3 Å². The lowest BCUT2D eigenvalue weighted by molar-refractivity contribution is 0.800. The molecule has 0 aliphatic heterocycles. The molecule has 4 rings (SSSR count). The van der Waals surface area contributed by atoms with Gasteiger partial charge in [0.25, 0.3) is 0 Å². The zero-order valence-corrected chi connectivity index (χ0v) is 14.2. The van der Waals surface area contributed by atoms with Gasteiger partial charge in [-0.1, -0.05) is 40.5 Å². The molecule has 0 saturated carbocycles. The second kappa shape index (κ2) is 6.19. The van der Waals surface area contributed by atoms with Crippen LogP contribution in [0.15, 0.2) is 48.8 Å². The molecule has 0 aliphatic carbocycles. The summed E-state index contributed by atoms with van der Waals surface area (Å²) in [7, 11) is 0. The standard InChI is InChI=1S/C16H11Cl2N7/c17-9-5-6-10(18)12(7-9)22-15-14(19)16(21-8-20-15)25-13-4-2-1-3-11(13)23-24-25/h1-8H,19H2,(H,20,21,22). The van der Waals surface area contributed by atoms with E-state index < -0.39 is 0 Å². The van der Waals surface area contributed by atoms with Crippen molar-refractivity contribution in [1.82, 2.24) is 25.0 Å². The van der Waals surface area contributed by atoms with E-state index >= 15 is 0 Å². The maximum Gasteiger partial charge on any atom is 0.184 e. The summed E-state index contributed by atoms with van der Waals surface area (Å²) in [6.07, 6.45) is 1.39. The first kappa shape index (κ1) is 15.6. The third-order valence-electron chi connectivity index (χ3n) is 3.60. The van der Waals surface area contributed by atoms with E-state index in [1.807, 2.05) is 24.3 Å². The van der Waals surface area contributed by atoms with Gasteiger partial charge in [-0.3, -0.25) is 0 Å². The first-order valence-electron chi connectivity index (χ1n) is 7.27. The number of nitrogens with two attached hydrogens (primary N) is 1. The smallest absolute Gasteiger partial charge is 0.184 e. The zero-order valence-electron chi connectivity index (χ0n) is 12.7. The van der Waals surface area contributed by atoms with Gasteiger partial charge < -0.3 is 11.1 Å². The number of anilines is 3. The summed E-state index contributed by atoms with van der Waals surface area (Å²) < 4.78 is 1.57. The normalized spacial score (nSPS) is 11.0. The van der Waals surface area contributed by atoms with Gasteiger partial charge in [0.05, 0.1) is 16.2 Å². The van der Waals surface area contributed by atoms with E-state index in [2.05, 4.69) is 25.6 Å². The van der Waals surface area contributed by atoms with Crippen molar-refractivity contribution >= 4 is 51.4 Å². The average molecular weight is 372 g/mol. The molecule has 0 spiro atoms. The fraction of sp³-hybridized carbons (Fsp3) is 0. The monoisotopic (exact) mass is 371 g/mol. The number of fused-ring (bicyclic) bond motifs is 1. The van der Waals surface area contributed by atoms with E-state index in [1.165, 1.54) is 6.33 Å². The quantitative estimate of drug-likeness (QED) is 0.567. The van der Waals surface area contributed by atoms with E-state index in [-0.39, 0.29) is 0 Å². The Bertz CT molecular complexity index is 1080. The highest BCUT2D eigenvalue weighted by atomic mass is 35.5. The number of halogens is 2. The summed E-state index contributed by atoms with van der Waals surface area (Å²) in [4.78, 5) is 8.42. The van der Waals surface area contributed by atoms with Gasteiger partial charge >= 0.3 is 0 Å². The van der Waals surface area contributed by atoms with E-state index in [0.717, 1.165) is 11.0 Å². The van der Waals surface area contributed by atoms with Crippen LogP contribution in [-0.4, -0.2) is 25.0 Å². The first-order valence-corrected chi connectivity index (χ1v) is 8.02. The number of hydrogen-bond donors (Lipinski definition) is 2. The molecular formula is C16H11Cl2N7. The Morgan fingerprint density at radius 3 is 2.76 bits per heavy atom. The van der Waals surface area contributed by atoms with Gasteiger partial charge in [0.15, 0.2) is 11.6 Å². The molecule has 0 aliphatic rings. The third-order valence-corrected chi connectivity index (χ3v) is 4.16. The van der Waals surface area contributed by atoms with E-state index in [4.69, 9.17) is 28.9 Å². The molecule has 25 heavy (non-hydrogen) atoms. The van der Waals surface area contributed by atoms with Gasteiger partial charge in [0.1, 0.15) is 17.5 Å². The summed E-state index contributed by atoms with van der Waals surface area (Å²) >= 11 is 12.2. The Morgan fingerprint density at radius 2 is 1.88 bits per heavy atom. The van der Waals surface area contributed by atoms with Crippen LogP contribution in [0.1, 0.15) is 0 Å². The number of hydrogen-bond acceptors (Lipinski definition) is 6. The van der Waals surface area contributed by atoms with E-state index in [9.17, 15) is 0 Å². The van der Waals surface area contributed by atoms with Crippen LogP contribution in [0, 0.1) is 0 Å². The van der Waals surface area contributed by atoms with Crippen LogP contribution in [0.2, 0.25) is 10.0 Å². The van der Waals surface area contributed by atoms with Crippen molar-refractivity contribution in [3.8, 4) is 5.82 Å². The predicted molar refractivity (Wildman–Crippen MR) is 98.6 cm³/mol. The lowest BCUT2D eigenvalue weighted by atomic mass is 10.3. The molecule has 0 radical (unpaired) electrons. The third kappa shape index (κ3) is 2.84. The molecule has 0 saturated heterocycles. The summed E-state index contributed by atoms with van der Waals surface area (Å²) in [5.41, 5.74) is 8.69.